The van der Waals surface area contributed by atoms with Gasteiger partial charge in [0.25, 0.3) is 0 Å². The van der Waals surface area contributed by atoms with Crippen molar-refractivity contribution in [1.82, 2.24) is 4.72 Å². The molecule has 0 heterocycles. The molecule has 102 valence electrons. The Kier molecular flexibility index (Phi) is 4.37. The van der Waals surface area contributed by atoms with Crippen LogP contribution in [-0.4, -0.2) is 26.7 Å². The number of hydrogen-bond donors (Lipinski definition) is 3. The highest BCUT2D eigenvalue weighted by atomic mass is 32.2. The normalized spacial score (nSPS) is 12.7. The molecule has 1 aromatic rings. The number of nitrogen functional groups attached to an aromatic ring is 1. The molecular weight excluding hydrogens is 252 g/mol. The van der Waals surface area contributed by atoms with E-state index in [0.717, 1.165) is 5.56 Å². The number of rotatable bonds is 5. The van der Waals surface area contributed by atoms with Gasteiger partial charge in [0.15, 0.2) is 0 Å². The molecule has 0 saturated heterocycles. The van der Waals surface area contributed by atoms with Gasteiger partial charge in [-0.15, -0.1) is 0 Å². The highest BCUT2D eigenvalue weighted by molar-refractivity contribution is 7.89. The first-order valence-corrected chi connectivity index (χ1v) is 7.13. The Morgan fingerprint density at radius 3 is 2.50 bits per heavy atom. The van der Waals surface area contributed by atoms with E-state index in [-0.39, 0.29) is 18.0 Å². The minimum atomic E-state index is -3.56. The summed E-state index contributed by atoms with van der Waals surface area (Å²) in [7, 11) is -3.56. The third kappa shape index (κ3) is 3.69. The number of aliphatic hydroxyl groups excluding tert-OH is 1. The topological polar surface area (TPSA) is 92.4 Å². The molecule has 0 aliphatic rings. The maximum absolute atomic E-state index is 12.0. The quantitative estimate of drug-likeness (QED) is 0.694. The zero-order valence-electron chi connectivity index (χ0n) is 10.9. The summed E-state index contributed by atoms with van der Waals surface area (Å²) in [5.41, 5.74) is 6.44. The van der Waals surface area contributed by atoms with Crippen LogP contribution in [-0.2, 0) is 10.0 Å². The van der Waals surface area contributed by atoms with E-state index in [1.165, 1.54) is 12.1 Å². The molecule has 0 aliphatic heterocycles. The molecule has 1 rings (SSSR count). The van der Waals surface area contributed by atoms with Crippen LogP contribution in [0.2, 0.25) is 0 Å². The van der Waals surface area contributed by atoms with Gasteiger partial charge in [-0.3, -0.25) is 0 Å². The van der Waals surface area contributed by atoms with E-state index in [0.29, 0.717) is 5.69 Å². The van der Waals surface area contributed by atoms with Gasteiger partial charge in [-0.05, 0) is 30.7 Å². The summed E-state index contributed by atoms with van der Waals surface area (Å²) in [6.45, 7) is 5.41. The lowest BCUT2D eigenvalue weighted by molar-refractivity contribution is 0.163. The lowest BCUT2D eigenvalue weighted by Crippen LogP contribution is -2.36. The Morgan fingerprint density at radius 1 is 1.39 bits per heavy atom. The number of hydrogen-bond acceptors (Lipinski definition) is 4. The molecule has 0 saturated carbocycles. The van der Waals surface area contributed by atoms with E-state index >= 15 is 0 Å². The number of nitrogens with two attached hydrogens (primary N) is 1. The molecule has 4 N–H and O–H groups in total. The molecule has 0 aromatic heterocycles. The number of sulfonamides is 1. The van der Waals surface area contributed by atoms with Crippen molar-refractivity contribution >= 4 is 15.7 Å². The maximum atomic E-state index is 12.0. The summed E-state index contributed by atoms with van der Waals surface area (Å²) in [5, 5.41) is 9.09. The summed E-state index contributed by atoms with van der Waals surface area (Å²) in [5.74, 6) is 0. The fraction of sp³-hybridized carbons (Fsp3) is 0.500. The second-order valence-corrected chi connectivity index (χ2v) is 6.93. The first-order chi connectivity index (χ1) is 8.18. The lowest BCUT2D eigenvalue weighted by atomic mass is 9.96. The molecule has 0 spiro atoms. The predicted molar refractivity (Wildman–Crippen MR) is 71.6 cm³/mol. The number of anilines is 1. The predicted octanol–water partition coefficient (Wildman–Crippen LogP) is 0.874. The number of aliphatic hydroxyl groups is 1. The van der Waals surface area contributed by atoms with Crippen LogP contribution in [0.3, 0.4) is 0 Å². The van der Waals surface area contributed by atoms with E-state index in [1.54, 1.807) is 26.8 Å². The van der Waals surface area contributed by atoms with Gasteiger partial charge in [0.2, 0.25) is 10.0 Å². The van der Waals surface area contributed by atoms with Gasteiger partial charge < -0.3 is 10.8 Å². The Balaban J connectivity index is 2.90. The molecular formula is C12H20N2O3S. The monoisotopic (exact) mass is 272 g/mol. The van der Waals surface area contributed by atoms with E-state index in [2.05, 4.69) is 4.72 Å². The largest absolute Gasteiger partial charge is 0.399 e. The summed E-state index contributed by atoms with van der Waals surface area (Å²) in [6.07, 6.45) is 0. The third-order valence-electron chi connectivity index (χ3n) is 2.72. The number of aryl methyl sites for hydroxylation is 1. The Bertz CT molecular complexity index is 524. The smallest absolute Gasteiger partial charge is 0.240 e. The molecule has 6 heteroatoms. The first-order valence-electron chi connectivity index (χ1n) is 5.65. The van der Waals surface area contributed by atoms with Crippen LogP contribution in [0.1, 0.15) is 19.4 Å². The van der Waals surface area contributed by atoms with Crippen molar-refractivity contribution in [1.29, 1.82) is 0 Å². The fourth-order valence-electron chi connectivity index (χ4n) is 1.24. The van der Waals surface area contributed by atoms with E-state index in [1.807, 2.05) is 0 Å². The maximum Gasteiger partial charge on any atom is 0.240 e. The molecule has 0 radical (unpaired) electrons. The SMILES string of the molecule is Cc1cc(S(=O)(=O)NCC(C)(C)CO)ccc1N. The van der Waals surface area contributed by atoms with Crippen LogP contribution in [0.5, 0.6) is 0 Å². The van der Waals surface area contributed by atoms with Gasteiger partial charge in [-0.1, -0.05) is 13.8 Å². The number of nitrogens with one attached hydrogen (secondary N) is 1. The van der Waals surface area contributed by atoms with Crippen LogP contribution in [0.4, 0.5) is 5.69 Å². The van der Waals surface area contributed by atoms with Crippen LogP contribution < -0.4 is 10.5 Å². The summed E-state index contributed by atoms with van der Waals surface area (Å²) in [4.78, 5) is 0.183. The molecule has 0 amide bonds. The minimum Gasteiger partial charge on any atom is -0.399 e. The highest BCUT2D eigenvalue weighted by Gasteiger charge is 2.21. The second-order valence-electron chi connectivity index (χ2n) is 5.17. The van der Waals surface area contributed by atoms with Crippen LogP contribution in [0.15, 0.2) is 23.1 Å². The molecule has 5 nitrogen and oxygen atoms in total. The van der Waals surface area contributed by atoms with Crippen molar-refractivity contribution in [3.8, 4) is 0 Å². The van der Waals surface area contributed by atoms with Gasteiger partial charge in [-0.25, -0.2) is 13.1 Å². The average Bonchev–Trinajstić information content (AvgIpc) is 2.30. The van der Waals surface area contributed by atoms with Gasteiger partial charge in [0.05, 0.1) is 4.90 Å². The Hall–Kier alpha value is -1.11. The van der Waals surface area contributed by atoms with Crippen molar-refractivity contribution in [3.05, 3.63) is 23.8 Å². The molecule has 0 bridgehead atoms. The summed E-state index contributed by atoms with van der Waals surface area (Å²) >= 11 is 0. The molecule has 0 atom stereocenters. The lowest BCUT2D eigenvalue weighted by Gasteiger charge is -2.21. The van der Waals surface area contributed by atoms with Crippen molar-refractivity contribution in [2.24, 2.45) is 5.41 Å². The first kappa shape index (κ1) is 14.9. The third-order valence-corrected chi connectivity index (χ3v) is 4.12. The van der Waals surface area contributed by atoms with Crippen molar-refractivity contribution in [3.63, 3.8) is 0 Å². The Labute approximate surface area is 108 Å². The Morgan fingerprint density at radius 2 is 2.00 bits per heavy atom. The van der Waals surface area contributed by atoms with Gasteiger partial charge in [0.1, 0.15) is 0 Å². The standard InChI is InChI=1S/C12H20N2O3S/c1-9-6-10(4-5-11(9)13)18(16,17)14-7-12(2,3)8-15/h4-6,14-15H,7-8,13H2,1-3H3. The molecule has 0 aliphatic carbocycles. The van der Waals surface area contributed by atoms with Crippen molar-refractivity contribution < 1.29 is 13.5 Å². The fourth-order valence-corrected chi connectivity index (χ4v) is 2.57. The molecule has 18 heavy (non-hydrogen) atoms. The average molecular weight is 272 g/mol. The van der Waals surface area contributed by atoms with Crippen LogP contribution >= 0.6 is 0 Å². The van der Waals surface area contributed by atoms with Crippen molar-refractivity contribution in [2.75, 3.05) is 18.9 Å². The van der Waals surface area contributed by atoms with Crippen LogP contribution in [0.25, 0.3) is 0 Å². The second kappa shape index (κ2) is 5.26. The zero-order chi connectivity index (χ0) is 14.0. The van der Waals surface area contributed by atoms with Crippen molar-refractivity contribution in [2.45, 2.75) is 25.7 Å². The minimum absolute atomic E-state index is 0.0870. The van der Waals surface area contributed by atoms with E-state index in [4.69, 9.17) is 10.8 Å². The summed E-state index contributed by atoms with van der Waals surface area (Å²) < 4.78 is 26.5. The van der Waals surface area contributed by atoms with Gasteiger partial charge >= 0.3 is 0 Å². The number of benzene rings is 1. The van der Waals surface area contributed by atoms with Gasteiger partial charge in [0, 0.05) is 24.3 Å². The van der Waals surface area contributed by atoms with E-state index < -0.39 is 15.4 Å². The van der Waals surface area contributed by atoms with Gasteiger partial charge in [-0.2, -0.15) is 0 Å². The highest BCUT2D eigenvalue weighted by Crippen LogP contribution is 2.18. The van der Waals surface area contributed by atoms with Crippen LogP contribution in [0, 0.1) is 12.3 Å². The summed E-state index contributed by atoms with van der Waals surface area (Å²) in [6, 6.07) is 4.57. The molecule has 1 aromatic carbocycles. The molecule has 0 fully saturated rings. The zero-order valence-corrected chi connectivity index (χ0v) is 11.7. The van der Waals surface area contributed by atoms with E-state index in [9.17, 15) is 8.42 Å². The molecule has 0 unspecified atom stereocenters.